The van der Waals surface area contributed by atoms with Gasteiger partial charge in [-0.05, 0) is 45.4 Å². The molecule has 0 aliphatic heterocycles. The van der Waals surface area contributed by atoms with Crippen LogP contribution in [0, 0.1) is 0 Å². The van der Waals surface area contributed by atoms with Crippen molar-refractivity contribution in [1.82, 2.24) is 0 Å². The molecule has 0 radical (unpaired) electrons. The lowest BCUT2D eigenvalue weighted by atomic mass is 10.1. The third-order valence-electron chi connectivity index (χ3n) is 2.09. The van der Waals surface area contributed by atoms with E-state index in [0.29, 0.717) is 0 Å². The van der Waals surface area contributed by atoms with Gasteiger partial charge < -0.3 is 0 Å². The number of hydrogen-bond acceptors (Lipinski definition) is 1. The maximum Gasteiger partial charge on any atom is 0.0637 e. The van der Waals surface area contributed by atoms with Gasteiger partial charge in [0, 0.05) is 14.6 Å². The van der Waals surface area contributed by atoms with Crippen molar-refractivity contribution < 1.29 is 0 Å². The van der Waals surface area contributed by atoms with Crippen LogP contribution in [0.4, 0.5) is 0 Å². The van der Waals surface area contributed by atoms with E-state index in [9.17, 15) is 0 Å². The average Bonchev–Trinajstić information content (AvgIpc) is 2.59. The highest BCUT2D eigenvalue weighted by atomic mass is 79.9. The van der Waals surface area contributed by atoms with Gasteiger partial charge in [0.05, 0.1) is 5.02 Å². The van der Waals surface area contributed by atoms with Gasteiger partial charge in [0.2, 0.25) is 0 Å². The summed E-state index contributed by atoms with van der Waals surface area (Å²) in [6.07, 6.45) is 1.01. The molecular weight excluding hydrogens is 268 g/mol. The topological polar surface area (TPSA) is 0 Å². The SMILES string of the molecule is CCc1cc2sccc2c(Cl)c1Br. The number of thiophene rings is 1. The standard InChI is InChI=1S/C10H8BrClS/c1-2-6-5-8-7(3-4-13-8)10(12)9(6)11/h3-5H,2H2,1H3. The van der Waals surface area contributed by atoms with Crippen LogP contribution in [0.5, 0.6) is 0 Å². The van der Waals surface area contributed by atoms with Gasteiger partial charge in [0.25, 0.3) is 0 Å². The first-order chi connectivity index (χ1) is 6.24. The highest BCUT2D eigenvalue weighted by molar-refractivity contribution is 9.10. The molecule has 0 N–H and O–H groups in total. The maximum absolute atomic E-state index is 6.21. The average molecular weight is 276 g/mol. The molecule has 0 saturated heterocycles. The van der Waals surface area contributed by atoms with Crippen LogP contribution in [-0.4, -0.2) is 0 Å². The lowest BCUT2D eigenvalue weighted by molar-refractivity contribution is 1.13. The van der Waals surface area contributed by atoms with Crippen LogP contribution in [0.3, 0.4) is 0 Å². The van der Waals surface area contributed by atoms with Crippen molar-refractivity contribution in [3.8, 4) is 0 Å². The molecule has 0 unspecified atom stereocenters. The highest BCUT2D eigenvalue weighted by Crippen LogP contribution is 2.36. The molecule has 1 aromatic carbocycles. The first-order valence-corrected chi connectivity index (χ1v) is 6.13. The highest BCUT2D eigenvalue weighted by Gasteiger charge is 2.08. The van der Waals surface area contributed by atoms with E-state index in [-0.39, 0.29) is 0 Å². The Morgan fingerprint density at radius 2 is 2.31 bits per heavy atom. The largest absolute Gasteiger partial charge is 0.144 e. The Hall–Kier alpha value is -0.0500. The Morgan fingerprint density at radius 3 is 3.00 bits per heavy atom. The van der Waals surface area contributed by atoms with E-state index in [1.807, 2.05) is 0 Å². The van der Waals surface area contributed by atoms with Crippen molar-refractivity contribution in [1.29, 1.82) is 0 Å². The molecule has 0 nitrogen and oxygen atoms in total. The molecule has 0 fully saturated rings. The molecule has 0 bridgehead atoms. The fourth-order valence-corrected chi connectivity index (χ4v) is 3.16. The Balaban J connectivity index is 2.83. The second-order valence-electron chi connectivity index (χ2n) is 2.85. The molecule has 0 atom stereocenters. The van der Waals surface area contributed by atoms with E-state index in [1.165, 1.54) is 10.3 Å². The molecule has 3 heteroatoms. The molecule has 0 saturated carbocycles. The Bertz CT molecular complexity index is 447. The number of rotatable bonds is 1. The zero-order chi connectivity index (χ0) is 9.42. The van der Waals surface area contributed by atoms with Gasteiger partial charge in [-0.3, -0.25) is 0 Å². The minimum absolute atomic E-state index is 0.843. The first kappa shape index (κ1) is 9.50. The Kier molecular flexibility index (Phi) is 2.63. The fraction of sp³-hybridized carbons (Fsp3) is 0.200. The molecule has 1 aromatic heterocycles. The summed E-state index contributed by atoms with van der Waals surface area (Å²) in [6.45, 7) is 2.13. The number of halogens is 2. The van der Waals surface area contributed by atoms with Crippen LogP contribution in [0.25, 0.3) is 10.1 Å². The summed E-state index contributed by atoms with van der Waals surface area (Å²) in [5, 5.41) is 4.06. The molecule has 0 aliphatic carbocycles. The molecular formula is C10H8BrClS. The molecule has 2 rings (SSSR count). The van der Waals surface area contributed by atoms with Gasteiger partial charge in [-0.25, -0.2) is 0 Å². The summed E-state index contributed by atoms with van der Waals surface area (Å²) in [6, 6.07) is 4.27. The molecule has 0 amide bonds. The fourth-order valence-electron chi connectivity index (χ4n) is 1.35. The second kappa shape index (κ2) is 3.60. The predicted molar refractivity (Wildman–Crippen MR) is 63.9 cm³/mol. The third kappa shape index (κ3) is 1.51. The van der Waals surface area contributed by atoms with Gasteiger partial charge in [-0.1, -0.05) is 18.5 Å². The van der Waals surface area contributed by atoms with E-state index >= 15 is 0 Å². The minimum Gasteiger partial charge on any atom is -0.144 e. The van der Waals surface area contributed by atoms with Crippen LogP contribution < -0.4 is 0 Å². The zero-order valence-corrected chi connectivity index (χ0v) is 10.3. The number of benzene rings is 1. The first-order valence-electron chi connectivity index (χ1n) is 4.08. The second-order valence-corrected chi connectivity index (χ2v) is 4.97. The number of aryl methyl sites for hydroxylation is 1. The van der Waals surface area contributed by atoms with Crippen LogP contribution in [-0.2, 0) is 6.42 Å². The molecule has 1 heterocycles. The van der Waals surface area contributed by atoms with Crippen molar-refractivity contribution in [2.75, 3.05) is 0 Å². The monoisotopic (exact) mass is 274 g/mol. The number of fused-ring (bicyclic) bond motifs is 1. The molecule has 2 aromatic rings. The quantitative estimate of drug-likeness (QED) is 0.696. The van der Waals surface area contributed by atoms with E-state index < -0.39 is 0 Å². The number of hydrogen-bond donors (Lipinski definition) is 0. The van der Waals surface area contributed by atoms with Crippen LogP contribution >= 0.6 is 38.9 Å². The molecule has 13 heavy (non-hydrogen) atoms. The van der Waals surface area contributed by atoms with Gasteiger partial charge in [-0.15, -0.1) is 11.3 Å². The normalized spacial score (nSPS) is 11.0. The van der Waals surface area contributed by atoms with Crippen molar-refractivity contribution in [3.05, 3.63) is 32.6 Å². The summed E-state index contributed by atoms with van der Waals surface area (Å²) in [5.74, 6) is 0. The summed E-state index contributed by atoms with van der Waals surface area (Å²) in [4.78, 5) is 0. The zero-order valence-electron chi connectivity index (χ0n) is 7.10. The van der Waals surface area contributed by atoms with Crippen molar-refractivity contribution in [2.24, 2.45) is 0 Å². The van der Waals surface area contributed by atoms with Crippen molar-refractivity contribution >= 4 is 49.0 Å². The molecule has 68 valence electrons. The van der Waals surface area contributed by atoms with Crippen LogP contribution in [0.15, 0.2) is 22.0 Å². The third-order valence-corrected chi connectivity index (χ3v) is 4.48. The van der Waals surface area contributed by atoms with E-state index in [2.05, 4.69) is 40.4 Å². The van der Waals surface area contributed by atoms with Crippen molar-refractivity contribution in [3.63, 3.8) is 0 Å². The van der Waals surface area contributed by atoms with Gasteiger partial charge in [-0.2, -0.15) is 0 Å². The van der Waals surface area contributed by atoms with Crippen molar-refractivity contribution in [2.45, 2.75) is 13.3 Å². The predicted octanol–water partition coefficient (Wildman–Crippen LogP) is 4.88. The van der Waals surface area contributed by atoms with E-state index in [0.717, 1.165) is 21.3 Å². The lowest BCUT2D eigenvalue weighted by Gasteiger charge is -2.04. The van der Waals surface area contributed by atoms with Crippen LogP contribution in [0.1, 0.15) is 12.5 Å². The van der Waals surface area contributed by atoms with Gasteiger partial charge in [0.1, 0.15) is 0 Å². The smallest absolute Gasteiger partial charge is 0.0637 e. The summed E-state index contributed by atoms with van der Waals surface area (Å²) in [7, 11) is 0. The van der Waals surface area contributed by atoms with E-state index in [1.54, 1.807) is 11.3 Å². The lowest BCUT2D eigenvalue weighted by Crippen LogP contribution is -1.83. The summed E-state index contributed by atoms with van der Waals surface area (Å²) in [5.41, 5.74) is 1.28. The van der Waals surface area contributed by atoms with Gasteiger partial charge >= 0.3 is 0 Å². The van der Waals surface area contributed by atoms with Gasteiger partial charge in [0.15, 0.2) is 0 Å². The van der Waals surface area contributed by atoms with Crippen LogP contribution in [0.2, 0.25) is 5.02 Å². The molecule has 0 spiro atoms. The molecule has 0 aliphatic rings. The summed E-state index contributed by atoms with van der Waals surface area (Å²) >= 11 is 11.5. The summed E-state index contributed by atoms with van der Waals surface area (Å²) < 4.78 is 2.31. The minimum atomic E-state index is 0.843. The van der Waals surface area contributed by atoms with E-state index in [4.69, 9.17) is 11.6 Å². The maximum atomic E-state index is 6.21. The Labute approximate surface area is 94.7 Å². The Morgan fingerprint density at radius 1 is 1.54 bits per heavy atom.